The Balaban J connectivity index is 1.68. The van der Waals surface area contributed by atoms with Gasteiger partial charge in [0.05, 0.1) is 25.2 Å². The highest BCUT2D eigenvalue weighted by atomic mass is 16.7. The zero-order valence-corrected chi connectivity index (χ0v) is 16.1. The summed E-state index contributed by atoms with van der Waals surface area (Å²) in [5, 5.41) is 3.51. The minimum absolute atomic E-state index is 0.109. The number of benzene rings is 1. The fourth-order valence-electron chi connectivity index (χ4n) is 3.27. The second-order valence-electron chi connectivity index (χ2n) is 6.73. The van der Waals surface area contributed by atoms with E-state index in [2.05, 4.69) is 15.3 Å². The first-order valence-electron chi connectivity index (χ1n) is 9.31. The topological polar surface area (TPSA) is 93.7 Å². The molecule has 0 spiro atoms. The van der Waals surface area contributed by atoms with Crippen LogP contribution in [0.4, 0.5) is 10.5 Å². The van der Waals surface area contributed by atoms with Gasteiger partial charge in [0.2, 0.25) is 5.91 Å². The van der Waals surface area contributed by atoms with Crippen LogP contribution in [0.1, 0.15) is 37.7 Å². The van der Waals surface area contributed by atoms with Gasteiger partial charge in [-0.1, -0.05) is 19.3 Å². The van der Waals surface area contributed by atoms with Crippen LogP contribution in [0.2, 0.25) is 0 Å². The quantitative estimate of drug-likeness (QED) is 0.789. The summed E-state index contributed by atoms with van der Waals surface area (Å²) in [6.45, 7) is 1.85. The van der Waals surface area contributed by atoms with Crippen molar-refractivity contribution in [3.8, 4) is 11.5 Å². The minimum Gasteiger partial charge on any atom is -0.454 e. The number of imide groups is 1. The molecule has 3 amide bonds. The molecular weight excluding hydrogens is 360 g/mol. The first-order valence-corrected chi connectivity index (χ1v) is 9.31. The number of hydroxylamine groups is 1. The van der Waals surface area contributed by atoms with E-state index in [4.69, 9.17) is 9.57 Å². The first kappa shape index (κ1) is 19.8. The number of hydrogen-bond donors (Lipinski definition) is 1. The molecule has 1 saturated carbocycles. The van der Waals surface area contributed by atoms with Crippen LogP contribution in [-0.2, 0) is 9.63 Å². The number of aromatic nitrogens is 2. The smallest absolute Gasteiger partial charge is 0.352 e. The van der Waals surface area contributed by atoms with E-state index in [1.165, 1.54) is 13.4 Å². The minimum atomic E-state index is -0.609. The molecule has 8 heteroatoms. The van der Waals surface area contributed by atoms with Gasteiger partial charge in [-0.2, -0.15) is 5.06 Å². The predicted octanol–water partition coefficient (Wildman–Crippen LogP) is 3.76. The van der Waals surface area contributed by atoms with E-state index < -0.39 is 6.03 Å². The van der Waals surface area contributed by atoms with Gasteiger partial charge in [-0.25, -0.2) is 14.8 Å². The molecule has 0 aliphatic heterocycles. The van der Waals surface area contributed by atoms with Gasteiger partial charge in [-0.05, 0) is 43.5 Å². The Morgan fingerprint density at radius 2 is 1.86 bits per heavy atom. The van der Waals surface area contributed by atoms with E-state index >= 15 is 0 Å². The van der Waals surface area contributed by atoms with Gasteiger partial charge in [-0.3, -0.25) is 14.9 Å². The molecule has 2 aromatic rings. The van der Waals surface area contributed by atoms with Crippen molar-refractivity contribution in [2.24, 2.45) is 5.92 Å². The zero-order valence-electron chi connectivity index (χ0n) is 16.1. The normalized spacial score (nSPS) is 14.4. The van der Waals surface area contributed by atoms with E-state index in [1.54, 1.807) is 30.6 Å². The zero-order chi connectivity index (χ0) is 19.9. The van der Waals surface area contributed by atoms with E-state index in [1.807, 2.05) is 6.92 Å². The van der Waals surface area contributed by atoms with Gasteiger partial charge in [0.1, 0.15) is 12.1 Å². The van der Waals surface area contributed by atoms with E-state index in [9.17, 15) is 9.59 Å². The maximum absolute atomic E-state index is 12.5. The lowest BCUT2D eigenvalue weighted by Crippen LogP contribution is -2.45. The lowest BCUT2D eigenvalue weighted by Gasteiger charge is -2.24. The van der Waals surface area contributed by atoms with Crippen LogP contribution in [0.5, 0.6) is 11.5 Å². The number of rotatable bonds is 5. The van der Waals surface area contributed by atoms with Crippen LogP contribution in [0.3, 0.4) is 0 Å². The molecule has 1 aromatic carbocycles. The molecule has 1 fully saturated rings. The maximum atomic E-state index is 12.5. The summed E-state index contributed by atoms with van der Waals surface area (Å²) in [7, 11) is 1.38. The van der Waals surface area contributed by atoms with Crippen LogP contribution in [0, 0.1) is 12.8 Å². The molecule has 0 radical (unpaired) electrons. The van der Waals surface area contributed by atoms with E-state index in [0.717, 1.165) is 42.7 Å². The van der Waals surface area contributed by atoms with Crippen LogP contribution >= 0.6 is 0 Å². The van der Waals surface area contributed by atoms with Gasteiger partial charge in [-0.15, -0.1) is 0 Å². The van der Waals surface area contributed by atoms with E-state index in [-0.39, 0.29) is 11.8 Å². The molecular formula is C20H24N4O4. The number of amides is 3. The second kappa shape index (κ2) is 9.27. The van der Waals surface area contributed by atoms with Crippen molar-refractivity contribution in [1.82, 2.24) is 15.3 Å². The summed E-state index contributed by atoms with van der Waals surface area (Å²) >= 11 is 0. The van der Waals surface area contributed by atoms with Crippen molar-refractivity contribution >= 4 is 17.6 Å². The number of hydrogen-bond acceptors (Lipinski definition) is 6. The largest absolute Gasteiger partial charge is 0.454 e. The van der Waals surface area contributed by atoms with Gasteiger partial charge in [0, 0.05) is 5.92 Å². The first-order chi connectivity index (χ1) is 13.6. The Kier molecular flexibility index (Phi) is 6.54. The molecule has 1 aliphatic carbocycles. The van der Waals surface area contributed by atoms with Crippen molar-refractivity contribution in [2.75, 3.05) is 12.2 Å². The Hall–Kier alpha value is -3.00. The summed E-state index contributed by atoms with van der Waals surface area (Å²) in [5.41, 5.74) is 1.28. The van der Waals surface area contributed by atoms with Crippen molar-refractivity contribution < 1.29 is 19.2 Å². The van der Waals surface area contributed by atoms with Crippen LogP contribution in [-0.4, -0.2) is 29.0 Å². The van der Waals surface area contributed by atoms with Crippen molar-refractivity contribution in [2.45, 2.75) is 39.0 Å². The molecule has 1 aromatic heterocycles. The third-order valence-electron chi connectivity index (χ3n) is 4.73. The highest BCUT2D eigenvalue weighted by Crippen LogP contribution is 2.28. The van der Waals surface area contributed by atoms with E-state index in [0.29, 0.717) is 17.2 Å². The summed E-state index contributed by atoms with van der Waals surface area (Å²) < 4.78 is 5.74. The molecule has 0 saturated heterocycles. The third kappa shape index (κ3) is 4.83. The molecule has 1 heterocycles. The molecule has 1 aliphatic rings. The fraction of sp³-hybridized carbons (Fsp3) is 0.400. The highest BCUT2D eigenvalue weighted by molar-refractivity contribution is 6.02. The number of carbonyl (C=O) groups excluding carboxylic acids is 2. The number of carbonyl (C=O) groups is 2. The standard InChI is InChI=1S/C20H24N4O4/c1-14-10-16(8-9-18(14)28-17-11-21-13-22-12-17)24(27-2)20(26)23-19(25)15-6-4-3-5-7-15/h8-13,15H,3-7H2,1-2H3,(H,23,25,26). The van der Waals surface area contributed by atoms with Crippen LogP contribution < -0.4 is 15.1 Å². The summed E-state index contributed by atoms with van der Waals surface area (Å²) in [6.07, 6.45) is 9.37. The van der Waals surface area contributed by atoms with Crippen LogP contribution in [0.15, 0.2) is 36.9 Å². The average Bonchev–Trinajstić information content (AvgIpc) is 2.72. The lowest BCUT2D eigenvalue weighted by molar-refractivity contribution is -0.124. The molecule has 0 unspecified atom stereocenters. The van der Waals surface area contributed by atoms with Gasteiger partial charge in [0.25, 0.3) is 0 Å². The Bertz CT molecular complexity index is 822. The number of ether oxygens (including phenoxy) is 1. The van der Waals surface area contributed by atoms with Gasteiger partial charge in [0.15, 0.2) is 5.75 Å². The molecule has 0 bridgehead atoms. The number of nitrogens with zero attached hydrogens (tertiary/aromatic N) is 3. The van der Waals surface area contributed by atoms with Crippen molar-refractivity contribution in [1.29, 1.82) is 0 Å². The molecule has 8 nitrogen and oxygen atoms in total. The van der Waals surface area contributed by atoms with Crippen molar-refractivity contribution in [3.63, 3.8) is 0 Å². The lowest BCUT2D eigenvalue weighted by atomic mass is 9.89. The number of anilines is 1. The molecule has 148 valence electrons. The Morgan fingerprint density at radius 3 is 2.50 bits per heavy atom. The third-order valence-corrected chi connectivity index (χ3v) is 4.73. The summed E-state index contributed by atoms with van der Waals surface area (Å²) in [4.78, 5) is 37.9. The Morgan fingerprint density at radius 1 is 1.14 bits per heavy atom. The summed E-state index contributed by atoms with van der Waals surface area (Å²) in [6, 6.07) is 4.54. The summed E-state index contributed by atoms with van der Waals surface area (Å²) in [5.74, 6) is 0.764. The van der Waals surface area contributed by atoms with Gasteiger partial charge < -0.3 is 4.74 Å². The SMILES string of the molecule is CON(C(=O)NC(=O)C1CCCCC1)c1ccc(Oc2cncnc2)c(C)c1. The van der Waals surface area contributed by atoms with Crippen molar-refractivity contribution in [3.05, 3.63) is 42.5 Å². The number of nitrogens with one attached hydrogen (secondary N) is 1. The van der Waals surface area contributed by atoms with Crippen LogP contribution in [0.25, 0.3) is 0 Å². The molecule has 3 rings (SSSR count). The molecule has 1 N–H and O–H groups in total. The average molecular weight is 384 g/mol. The monoisotopic (exact) mass is 384 g/mol. The fourth-order valence-corrected chi connectivity index (χ4v) is 3.27. The Labute approximate surface area is 163 Å². The second-order valence-corrected chi connectivity index (χ2v) is 6.73. The molecule has 28 heavy (non-hydrogen) atoms. The highest BCUT2D eigenvalue weighted by Gasteiger charge is 2.25. The number of urea groups is 1. The van der Waals surface area contributed by atoms with Gasteiger partial charge >= 0.3 is 6.03 Å². The number of aryl methyl sites for hydroxylation is 1. The molecule has 0 atom stereocenters. The predicted molar refractivity (Wildman–Crippen MR) is 103 cm³/mol. The maximum Gasteiger partial charge on any atom is 0.352 e.